The van der Waals surface area contributed by atoms with E-state index in [9.17, 15) is 0 Å². The molecular formula is C31H29N3OS. The van der Waals surface area contributed by atoms with E-state index in [-0.39, 0.29) is 10.8 Å². The molecule has 0 saturated heterocycles. The molecule has 5 rings (SSSR count). The molecule has 0 bridgehead atoms. The highest BCUT2D eigenvalue weighted by Gasteiger charge is 2.37. The van der Waals surface area contributed by atoms with Crippen LogP contribution in [0.1, 0.15) is 28.3 Å². The van der Waals surface area contributed by atoms with Gasteiger partial charge in [0, 0.05) is 11.9 Å². The van der Waals surface area contributed by atoms with E-state index in [1.54, 1.807) is 6.20 Å². The van der Waals surface area contributed by atoms with E-state index in [1.165, 1.54) is 16.7 Å². The van der Waals surface area contributed by atoms with Crippen LogP contribution >= 0.6 is 11.8 Å². The second-order valence-electron chi connectivity index (χ2n) is 8.63. The van der Waals surface area contributed by atoms with Gasteiger partial charge in [-0.05, 0) is 22.3 Å². The quantitative estimate of drug-likeness (QED) is 0.191. The van der Waals surface area contributed by atoms with Gasteiger partial charge in [-0.3, -0.25) is 0 Å². The van der Waals surface area contributed by atoms with Crippen LogP contribution in [0.3, 0.4) is 0 Å². The van der Waals surface area contributed by atoms with Crippen molar-refractivity contribution >= 4 is 11.8 Å². The highest BCUT2D eigenvalue weighted by Crippen LogP contribution is 2.49. The molecule has 0 N–H and O–H groups in total. The molecule has 0 radical (unpaired) electrons. The maximum absolute atomic E-state index is 6.19. The highest BCUT2D eigenvalue weighted by atomic mass is 32.2. The molecule has 4 aromatic carbocycles. The maximum Gasteiger partial charge on any atom is 0.0907 e. The lowest BCUT2D eigenvalue weighted by molar-refractivity contribution is 0.0921. The van der Waals surface area contributed by atoms with Crippen LogP contribution in [0.15, 0.2) is 134 Å². The summed E-state index contributed by atoms with van der Waals surface area (Å²) < 4.78 is 7.72. The number of hydrogen-bond donors (Lipinski definition) is 0. The van der Waals surface area contributed by atoms with E-state index in [4.69, 9.17) is 4.74 Å². The molecule has 180 valence electrons. The van der Waals surface area contributed by atoms with Crippen molar-refractivity contribution in [3.05, 3.63) is 156 Å². The second kappa shape index (κ2) is 11.8. The Balaban J connectivity index is 1.48. The fraction of sp³-hybridized carbons (Fsp3) is 0.161. The van der Waals surface area contributed by atoms with Crippen molar-refractivity contribution in [3.8, 4) is 0 Å². The molecule has 0 saturated carbocycles. The van der Waals surface area contributed by atoms with Crippen LogP contribution in [-0.2, 0) is 16.1 Å². The third-order valence-electron chi connectivity index (χ3n) is 6.27. The first-order valence-corrected chi connectivity index (χ1v) is 13.1. The largest absolute Gasteiger partial charge is 0.375 e. The van der Waals surface area contributed by atoms with Gasteiger partial charge in [0.2, 0.25) is 0 Å². The van der Waals surface area contributed by atoms with Gasteiger partial charge in [-0.25, -0.2) is 4.68 Å². The molecular weight excluding hydrogens is 462 g/mol. The third kappa shape index (κ3) is 5.43. The summed E-state index contributed by atoms with van der Waals surface area (Å²) in [5.41, 5.74) is 4.90. The van der Waals surface area contributed by atoms with E-state index in [0.29, 0.717) is 13.2 Å². The van der Waals surface area contributed by atoms with Crippen LogP contribution in [0.5, 0.6) is 0 Å². The summed E-state index contributed by atoms with van der Waals surface area (Å²) in [7, 11) is 0. The Morgan fingerprint density at radius 1 is 0.694 bits per heavy atom. The Morgan fingerprint density at radius 2 is 1.19 bits per heavy atom. The van der Waals surface area contributed by atoms with Crippen molar-refractivity contribution in [1.82, 2.24) is 15.0 Å². The molecule has 0 spiro atoms. The van der Waals surface area contributed by atoms with Gasteiger partial charge in [0.05, 0.1) is 30.2 Å². The maximum atomic E-state index is 6.19. The van der Waals surface area contributed by atoms with Crippen LogP contribution in [0.2, 0.25) is 0 Å². The molecule has 0 aliphatic heterocycles. The first-order chi connectivity index (χ1) is 17.9. The van der Waals surface area contributed by atoms with Crippen LogP contribution in [-0.4, -0.2) is 27.4 Å². The molecule has 5 heteroatoms. The molecule has 36 heavy (non-hydrogen) atoms. The summed E-state index contributed by atoms with van der Waals surface area (Å²) in [4.78, 5) is 0. The van der Waals surface area contributed by atoms with Gasteiger partial charge in [0.1, 0.15) is 0 Å². The molecule has 0 amide bonds. The summed E-state index contributed by atoms with van der Waals surface area (Å²) in [5, 5.41) is 8.41. The van der Waals surface area contributed by atoms with E-state index in [2.05, 4.69) is 113 Å². The number of hydrogen-bond acceptors (Lipinski definition) is 4. The number of ether oxygens (including phenoxy) is 1. The first kappa shape index (κ1) is 24.0. The fourth-order valence-electron chi connectivity index (χ4n) is 4.49. The number of nitrogens with zero attached hydrogens (tertiary/aromatic N) is 3. The average Bonchev–Trinajstić information content (AvgIpc) is 3.50. The first-order valence-electron chi connectivity index (χ1n) is 12.1. The smallest absolute Gasteiger partial charge is 0.0907 e. The summed E-state index contributed by atoms with van der Waals surface area (Å²) in [6, 6.07) is 42.6. The van der Waals surface area contributed by atoms with E-state index >= 15 is 0 Å². The van der Waals surface area contributed by atoms with Gasteiger partial charge < -0.3 is 4.74 Å². The van der Waals surface area contributed by atoms with Gasteiger partial charge in [-0.2, -0.15) is 0 Å². The van der Waals surface area contributed by atoms with Crippen molar-refractivity contribution in [3.63, 3.8) is 0 Å². The Bertz CT molecular complexity index is 1200. The highest BCUT2D eigenvalue weighted by molar-refractivity contribution is 8.00. The van der Waals surface area contributed by atoms with Crippen LogP contribution in [0, 0.1) is 0 Å². The van der Waals surface area contributed by atoms with E-state index in [0.717, 1.165) is 11.3 Å². The van der Waals surface area contributed by atoms with Crippen molar-refractivity contribution < 1.29 is 4.74 Å². The molecule has 0 aliphatic rings. The minimum absolute atomic E-state index is 0.0247. The lowest BCUT2D eigenvalue weighted by Gasteiger charge is -2.36. The molecule has 0 aliphatic carbocycles. The number of benzene rings is 4. The molecule has 1 aromatic heterocycles. The molecule has 5 aromatic rings. The number of rotatable bonds is 11. The fourth-order valence-corrected chi connectivity index (χ4v) is 6.09. The Morgan fingerprint density at radius 3 is 1.67 bits per heavy atom. The summed E-state index contributed by atoms with van der Waals surface area (Å²) in [6.45, 7) is 1.11. The zero-order valence-electron chi connectivity index (χ0n) is 20.1. The molecule has 0 fully saturated rings. The SMILES string of the molecule is c1ccc(COCC(CSC(c2ccccc2)(c2ccccc2)c2ccccc2)n2ccnn2)cc1. The van der Waals surface area contributed by atoms with E-state index < -0.39 is 0 Å². The zero-order chi connectivity index (χ0) is 24.5. The minimum Gasteiger partial charge on any atom is -0.375 e. The number of thioether (sulfide) groups is 1. The van der Waals surface area contributed by atoms with Crippen LogP contribution in [0.4, 0.5) is 0 Å². The van der Waals surface area contributed by atoms with E-state index in [1.807, 2.05) is 40.8 Å². The van der Waals surface area contributed by atoms with Crippen LogP contribution in [0.25, 0.3) is 0 Å². The van der Waals surface area contributed by atoms with Crippen molar-refractivity contribution in [1.29, 1.82) is 0 Å². The second-order valence-corrected chi connectivity index (χ2v) is 9.86. The molecule has 4 nitrogen and oxygen atoms in total. The topological polar surface area (TPSA) is 39.9 Å². The van der Waals surface area contributed by atoms with Crippen LogP contribution < -0.4 is 0 Å². The zero-order valence-corrected chi connectivity index (χ0v) is 20.9. The molecule has 1 unspecified atom stereocenters. The third-order valence-corrected chi connectivity index (χ3v) is 7.96. The van der Waals surface area contributed by atoms with Gasteiger partial charge in [-0.15, -0.1) is 16.9 Å². The molecule has 1 atom stereocenters. The van der Waals surface area contributed by atoms with Gasteiger partial charge in [-0.1, -0.05) is 127 Å². The lowest BCUT2D eigenvalue weighted by Crippen LogP contribution is -2.29. The summed E-state index contributed by atoms with van der Waals surface area (Å²) >= 11 is 1.91. The monoisotopic (exact) mass is 491 g/mol. The van der Waals surface area contributed by atoms with Gasteiger partial charge in [0.25, 0.3) is 0 Å². The Hall–Kier alpha value is -3.67. The van der Waals surface area contributed by atoms with Crippen molar-refractivity contribution in [2.75, 3.05) is 12.4 Å². The number of aromatic nitrogens is 3. The molecule has 1 heterocycles. The Labute approximate surface area is 217 Å². The van der Waals surface area contributed by atoms with Crippen molar-refractivity contribution in [2.24, 2.45) is 0 Å². The van der Waals surface area contributed by atoms with Gasteiger partial charge in [0.15, 0.2) is 0 Å². The minimum atomic E-state index is -0.387. The summed E-state index contributed by atoms with van der Waals surface area (Å²) in [6.07, 6.45) is 3.65. The van der Waals surface area contributed by atoms with Crippen molar-refractivity contribution in [2.45, 2.75) is 17.4 Å². The standard InChI is InChI=1S/C31H29N3OS/c1-5-13-26(14-6-1)23-35-24-30(34-22-21-32-33-34)25-36-31(27-15-7-2-8-16-27,28-17-9-3-10-18-28)29-19-11-4-12-20-29/h1-22,30H,23-25H2. The normalized spacial score (nSPS) is 12.3. The Kier molecular flexibility index (Phi) is 7.91. The predicted molar refractivity (Wildman–Crippen MR) is 147 cm³/mol. The lowest BCUT2D eigenvalue weighted by atomic mass is 9.84. The van der Waals surface area contributed by atoms with Gasteiger partial charge >= 0.3 is 0 Å². The average molecular weight is 492 g/mol. The summed E-state index contributed by atoms with van der Waals surface area (Å²) in [5.74, 6) is 0.789. The predicted octanol–water partition coefficient (Wildman–Crippen LogP) is 6.76.